The number of imidazole rings is 1. The molecule has 0 aliphatic carbocycles. The first kappa shape index (κ1) is 16.0. The first-order valence-electron chi connectivity index (χ1n) is 7.95. The van der Waals surface area contributed by atoms with Crippen LogP contribution in [0, 0.1) is 12.7 Å². The molecule has 0 spiro atoms. The second kappa shape index (κ2) is 6.11. The van der Waals surface area contributed by atoms with Gasteiger partial charge in [0, 0.05) is 17.3 Å². The third kappa shape index (κ3) is 2.73. The number of aryl methyl sites for hydroxylation is 1. The van der Waals surface area contributed by atoms with Crippen molar-refractivity contribution in [2.45, 2.75) is 6.92 Å². The maximum atomic E-state index is 13.5. The van der Waals surface area contributed by atoms with Gasteiger partial charge in [-0.3, -0.25) is 4.40 Å². The second-order valence-electron chi connectivity index (χ2n) is 5.87. The highest BCUT2D eigenvalue weighted by atomic mass is 19.1. The molecule has 0 saturated carbocycles. The average Bonchev–Trinajstić information content (AvgIpc) is 3.02. The van der Waals surface area contributed by atoms with Crippen LogP contribution in [0.1, 0.15) is 16.1 Å². The van der Waals surface area contributed by atoms with Gasteiger partial charge < -0.3 is 10.1 Å². The summed E-state index contributed by atoms with van der Waals surface area (Å²) in [6, 6.07) is 11.2. The number of esters is 1. The van der Waals surface area contributed by atoms with Crippen molar-refractivity contribution in [3.05, 3.63) is 65.7 Å². The minimum absolute atomic E-state index is 0.346. The molecule has 0 aliphatic heterocycles. The average molecular weight is 350 g/mol. The lowest BCUT2D eigenvalue weighted by atomic mass is 10.1. The van der Waals surface area contributed by atoms with Gasteiger partial charge in [0.25, 0.3) is 0 Å². The third-order valence-electron chi connectivity index (χ3n) is 4.02. The van der Waals surface area contributed by atoms with Gasteiger partial charge >= 0.3 is 5.97 Å². The molecule has 2 aromatic heterocycles. The van der Waals surface area contributed by atoms with Crippen LogP contribution in [0.5, 0.6) is 0 Å². The molecule has 0 radical (unpaired) electrons. The van der Waals surface area contributed by atoms with Gasteiger partial charge in [-0.25, -0.2) is 19.2 Å². The SMILES string of the molecule is COC(=O)c1ccc2c(c1)nc(Nc1cccc(F)c1)n1cc(C)nc21. The van der Waals surface area contributed by atoms with Crippen molar-refractivity contribution in [2.24, 2.45) is 0 Å². The zero-order valence-electron chi connectivity index (χ0n) is 14.2. The number of carbonyl (C=O) groups is 1. The predicted octanol–water partition coefficient (Wildman–Crippen LogP) is 3.86. The number of rotatable bonds is 3. The number of benzene rings is 2. The van der Waals surface area contributed by atoms with E-state index >= 15 is 0 Å². The van der Waals surface area contributed by atoms with Gasteiger partial charge in [0.15, 0.2) is 0 Å². The highest BCUT2D eigenvalue weighted by Crippen LogP contribution is 2.25. The fraction of sp³-hybridized carbons (Fsp3) is 0.105. The van der Waals surface area contributed by atoms with Crippen LogP contribution in [0.15, 0.2) is 48.7 Å². The molecule has 7 heteroatoms. The van der Waals surface area contributed by atoms with Crippen LogP contribution in [0.25, 0.3) is 16.6 Å². The van der Waals surface area contributed by atoms with E-state index in [0.717, 1.165) is 11.1 Å². The molecule has 0 saturated heterocycles. The molecule has 2 heterocycles. The summed E-state index contributed by atoms with van der Waals surface area (Å²) < 4.78 is 20.1. The summed E-state index contributed by atoms with van der Waals surface area (Å²) >= 11 is 0. The molecule has 4 rings (SSSR count). The Hall–Kier alpha value is -3.48. The Morgan fingerprint density at radius 2 is 2.04 bits per heavy atom. The Morgan fingerprint density at radius 3 is 2.81 bits per heavy atom. The number of halogens is 1. The van der Waals surface area contributed by atoms with E-state index < -0.39 is 5.97 Å². The molecule has 4 aromatic rings. The summed E-state index contributed by atoms with van der Waals surface area (Å²) in [6.07, 6.45) is 1.84. The van der Waals surface area contributed by atoms with E-state index in [0.29, 0.717) is 28.4 Å². The lowest BCUT2D eigenvalue weighted by Crippen LogP contribution is -2.04. The third-order valence-corrected chi connectivity index (χ3v) is 4.02. The molecule has 0 atom stereocenters. The number of fused-ring (bicyclic) bond motifs is 3. The van der Waals surface area contributed by atoms with Crippen molar-refractivity contribution < 1.29 is 13.9 Å². The molecule has 2 aromatic carbocycles. The van der Waals surface area contributed by atoms with Gasteiger partial charge in [-0.2, -0.15) is 0 Å². The lowest BCUT2D eigenvalue weighted by molar-refractivity contribution is 0.0601. The number of nitrogens with zero attached hydrogens (tertiary/aromatic N) is 3. The van der Waals surface area contributed by atoms with E-state index in [2.05, 4.69) is 15.3 Å². The Bertz CT molecular complexity index is 1150. The fourth-order valence-corrected chi connectivity index (χ4v) is 2.86. The minimum Gasteiger partial charge on any atom is -0.465 e. The summed E-state index contributed by atoms with van der Waals surface area (Å²) in [6.45, 7) is 1.88. The van der Waals surface area contributed by atoms with E-state index in [1.54, 1.807) is 34.7 Å². The van der Waals surface area contributed by atoms with Gasteiger partial charge in [-0.1, -0.05) is 6.07 Å². The van der Waals surface area contributed by atoms with Crippen molar-refractivity contribution in [3.63, 3.8) is 0 Å². The van der Waals surface area contributed by atoms with E-state index in [9.17, 15) is 9.18 Å². The normalized spacial score (nSPS) is 11.0. The molecule has 0 fully saturated rings. The number of hydrogen-bond acceptors (Lipinski definition) is 5. The number of hydrogen-bond donors (Lipinski definition) is 1. The fourth-order valence-electron chi connectivity index (χ4n) is 2.86. The second-order valence-corrected chi connectivity index (χ2v) is 5.87. The Morgan fingerprint density at radius 1 is 1.19 bits per heavy atom. The first-order valence-corrected chi connectivity index (χ1v) is 7.95. The van der Waals surface area contributed by atoms with Gasteiger partial charge in [-0.15, -0.1) is 0 Å². The Kier molecular flexibility index (Phi) is 3.76. The maximum Gasteiger partial charge on any atom is 0.337 e. The van der Waals surface area contributed by atoms with E-state index in [4.69, 9.17) is 4.74 Å². The molecular weight excluding hydrogens is 335 g/mol. The molecular formula is C19H15FN4O2. The van der Waals surface area contributed by atoms with Crippen LogP contribution < -0.4 is 5.32 Å². The van der Waals surface area contributed by atoms with Crippen molar-refractivity contribution >= 4 is 34.2 Å². The smallest absolute Gasteiger partial charge is 0.337 e. The van der Waals surface area contributed by atoms with Crippen molar-refractivity contribution in [2.75, 3.05) is 12.4 Å². The standard InChI is InChI=1S/C19H15FN4O2/c1-11-10-24-17(21-11)15-7-6-12(18(25)26-2)8-16(15)23-19(24)22-14-5-3-4-13(20)9-14/h3-10H,1-2H3,(H,22,23). The van der Waals surface area contributed by atoms with Crippen molar-refractivity contribution in [3.8, 4) is 0 Å². The number of aromatic nitrogens is 3. The quantitative estimate of drug-likeness (QED) is 0.568. The van der Waals surface area contributed by atoms with Crippen LogP contribution in [-0.2, 0) is 4.74 Å². The Labute approximate surface area is 148 Å². The highest BCUT2D eigenvalue weighted by molar-refractivity contribution is 5.99. The number of carbonyl (C=O) groups excluding carboxylic acids is 1. The molecule has 0 aliphatic rings. The monoisotopic (exact) mass is 350 g/mol. The summed E-state index contributed by atoms with van der Waals surface area (Å²) in [7, 11) is 1.33. The van der Waals surface area contributed by atoms with Crippen molar-refractivity contribution in [1.82, 2.24) is 14.4 Å². The van der Waals surface area contributed by atoms with Crippen LogP contribution in [0.4, 0.5) is 16.0 Å². The molecule has 0 bridgehead atoms. The van der Waals surface area contributed by atoms with Gasteiger partial charge in [-0.05, 0) is 43.3 Å². The molecule has 130 valence electrons. The minimum atomic E-state index is -0.437. The zero-order valence-corrected chi connectivity index (χ0v) is 14.2. The summed E-state index contributed by atoms with van der Waals surface area (Å²) in [5, 5.41) is 3.91. The molecule has 0 unspecified atom stereocenters. The summed E-state index contributed by atoms with van der Waals surface area (Å²) in [5.41, 5.74) is 3.07. The van der Waals surface area contributed by atoms with Crippen molar-refractivity contribution in [1.29, 1.82) is 0 Å². The van der Waals surface area contributed by atoms with Crippen LogP contribution in [-0.4, -0.2) is 27.4 Å². The molecule has 1 N–H and O–H groups in total. The summed E-state index contributed by atoms with van der Waals surface area (Å²) in [4.78, 5) is 21.0. The number of anilines is 2. The maximum absolute atomic E-state index is 13.5. The largest absolute Gasteiger partial charge is 0.465 e. The predicted molar refractivity (Wildman–Crippen MR) is 96.3 cm³/mol. The van der Waals surface area contributed by atoms with E-state index in [1.807, 2.05) is 13.1 Å². The van der Waals surface area contributed by atoms with Crippen LogP contribution in [0.3, 0.4) is 0 Å². The van der Waals surface area contributed by atoms with Gasteiger partial charge in [0.05, 0.1) is 23.9 Å². The van der Waals surface area contributed by atoms with E-state index in [-0.39, 0.29) is 5.82 Å². The molecule has 6 nitrogen and oxygen atoms in total. The topological polar surface area (TPSA) is 68.5 Å². The zero-order chi connectivity index (χ0) is 18.3. The molecule has 26 heavy (non-hydrogen) atoms. The van der Waals surface area contributed by atoms with E-state index in [1.165, 1.54) is 19.2 Å². The number of ether oxygens (including phenoxy) is 1. The first-order chi connectivity index (χ1) is 12.5. The van der Waals surface area contributed by atoms with Gasteiger partial charge in [0.2, 0.25) is 5.95 Å². The number of methoxy groups -OCH3 is 1. The number of nitrogens with one attached hydrogen (secondary N) is 1. The Balaban J connectivity index is 1.93. The van der Waals surface area contributed by atoms with Gasteiger partial charge in [0.1, 0.15) is 11.5 Å². The highest BCUT2D eigenvalue weighted by Gasteiger charge is 2.14. The van der Waals surface area contributed by atoms with Crippen LogP contribution in [0.2, 0.25) is 0 Å². The lowest BCUT2D eigenvalue weighted by Gasteiger charge is -2.11. The summed E-state index contributed by atoms with van der Waals surface area (Å²) in [5.74, 6) is -0.310. The van der Waals surface area contributed by atoms with Crippen LogP contribution >= 0.6 is 0 Å². The molecule has 0 amide bonds.